The summed E-state index contributed by atoms with van der Waals surface area (Å²) in [5, 5.41) is 0.789. The molecule has 124 valence electrons. The molecule has 0 aliphatic heterocycles. The maximum atomic E-state index is 12.2. The summed E-state index contributed by atoms with van der Waals surface area (Å²) in [7, 11) is -3.44. The van der Waals surface area contributed by atoms with Crippen LogP contribution in [0.15, 0.2) is 47.4 Å². The first kappa shape index (κ1) is 16.9. The molecule has 0 aliphatic carbocycles. The lowest BCUT2D eigenvalue weighted by Gasteiger charge is -2.06. The van der Waals surface area contributed by atoms with Crippen molar-refractivity contribution in [3.8, 4) is 0 Å². The SMILES string of the molecule is CS(=O)(=O)c1ccc(Cl)c(C(=O)OCc2nc3ccccc3s2)c1. The Kier molecular flexibility index (Phi) is 4.58. The summed E-state index contributed by atoms with van der Waals surface area (Å²) in [5.41, 5.74) is 0.853. The molecule has 0 unspecified atom stereocenters. The van der Waals surface area contributed by atoms with Gasteiger partial charge in [0.2, 0.25) is 0 Å². The van der Waals surface area contributed by atoms with Gasteiger partial charge in [-0.15, -0.1) is 11.3 Å². The molecule has 5 nitrogen and oxygen atoms in total. The van der Waals surface area contributed by atoms with Crippen molar-refractivity contribution < 1.29 is 17.9 Å². The lowest BCUT2D eigenvalue weighted by Crippen LogP contribution is -2.08. The summed E-state index contributed by atoms with van der Waals surface area (Å²) in [6.45, 7) is -0.00237. The average Bonchev–Trinajstić information content (AvgIpc) is 2.94. The second kappa shape index (κ2) is 6.51. The van der Waals surface area contributed by atoms with Gasteiger partial charge in [0.1, 0.15) is 11.6 Å². The molecule has 0 spiro atoms. The van der Waals surface area contributed by atoms with Crippen LogP contribution < -0.4 is 0 Å². The highest BCUT2D eigenvalue weighted by Crippen LogP contribution is 2.24. The lowest BCUT2D eigenvalue weighted by molar-refractivity contribution is 0.0472. The summed E-state index contributed by atoms with van der Waals surface area (Å²) >= 11 is 7.41. The minimum Gasteiger partial charge on any atom is -0.455 e. The Bertz CT molecular complexity index is 994. The van der Waals surface area contributed by atoms with Crippen molar-refractivity contribution in [2.75, 3.05) is 6.26 Å². The maximum Gasteiger partial charge on any atom is 0.340 e. The van der Waals surface area contributed by atoms with Crippen molar-refractivity contribution in [2.45, 2.75) is 11.5 Å². The molecule has 2 aromatic carbocycles. The van der Waals surface area contributed by atoms with Gasteiger partial charge in [0.25, 0.3) is 0 Å². The topological polar surface area (TPSA) is 73.3 Å². The van der Waals surface area contributed by atoms with Gasteiger partial charge in [0.15, 0.2) is 9.84 Å². The molecule has 0 amide bonds. The van der Waals surface area contributed by atoms with E-state index in [2.05, 4.69) is 4.98 Å². The van der Waals surface area contributed by atoms with Crippen LogP contribution in [0.25, 0.3) is 10.2 Å². The number of esters is 1. The van der Waals surface area contributed by atoms with Crippen LogP contribution in [0.5, 0.6) is 0 Å². The minimum absolute atomic E-state index is 0.00237. The zero-order valence-electron chi connectivity index (χ0n) is 12.5. The van der Waals surface area contributed by atoms with Gasteiger partial charge < -0.3 is 4.74 Å². The number of sulfone groups is 1. The highest BCUT2D eigenvalue weighted by molar-refractivity contribution is 7.90. The van der Waals surface area contributed by atoms with Gasteiger partial charge in [-0.3, -0.25) is 0 Å². The molecule has 0 aliphatic rings. The quantitative estimate of drug-likeness (QED) is 0.644. The molecule has 3 rings (SSSR count). The molecular formula is C16H12ClNO4S2. The number of rotatable bonds is 4. The van der Waals surface area contributed by atoms with Gasteiger partial charge >= 0.3 is 5.97 Å². The molecule has 1 aromatic heterocycles. The second-order valence-electron chi connectivity index (χ2n) is 5.07. The number of hydrogen-bond donors (Lipinski definition) is 0. The standard InChI is InChI=1S/C16H12ClNO4S2/c1-24(20,21)10-6-7-12(17)11(8-10)16(19)22-9-15-18-13-4-2-3-5-14(13)23-15/h2-8H,9H2,1H3. The van der Waals surface area contributed by atoms with Crippen LogP contribution in [0, 0.1) is 0 Å². The van der Waals surface area contributed by atoms with Crippen LogP contribution in [-0.4, -0.2) is 25.6 Å². The van der Waals surface area contributed by atoms with Crippen molar-refractivity contribution in [2.24, 2.45) is 0 Å². The lowest BCUT2D eigenvalue weighted by atomic mass is 10.2. The molecule has 3 aromatic rings. The first-order chi connectivity index (χ1) is 11.3. The molecule has 0 N–H and O–H groups in total. The van der Waals surface area contributed by atoms with Crippen molar-refractivity contribution >= 4 is 49.0 Å². The maximum absolute atomic E-state index is 12.2. The molecule has 0 saturated heterocycles. The number of para-hydroxylation sites is 1. The third kappa shape index (κ3) is 3.58. The Balaban J connectivity index is 1.79. The monoisotopic (exact) mass is 381 g/mol. The van der Waals surface area contributed by atoms with E-state index >= 15 is 0 Å². The highest BCUT2D eigenvalue weighted by Gasteiger charge is 2.17. The fourth-order valence-corrected chi connectivity index (χ4v) is 3.80. The summed E-state index contributed by atoms with van der Waals surface area (Å²) in [6.07, 6.45) is 1.06. The van der Waals surface area contributed by atoms with E-state index in [1.165, 1.54) is 29.5 Å². The van der Waals surface area contributed by atoms with E-state index < -0.39 is 15.8 Å². The molecule has 0 atom stereocenters. The minimum atomic E-state index is -3.44. The first-order valence-corrected chi connectivity index (χ1v) is 9.94. The van der Waals surface area contributed by atoms with Crippen molar-refractivity contribution in [3.05, 3.63) is 58.1 Å². The predicted molar refractivity (Wildman–Crippen MR) is 93.3 cm³/mol. The van der Waals surface area contributed by atoms with Crippen LogP contribution in [0.2, 0.25) is 5.02 Å². The van der Waals surface area contributed by atoms with Gasteiger partial charge in [-0.25, -0.2) is 18.2 Å². The summed E-state index contributed by atoms with van der Waals surface area (Å²) < 4.78 is 29.4. The molecule has 8 heteroatoms. The van der Waals surface area contributed by atoms with Gasteiger partial charge in [-0.05, 0) is 30.3 Å². The summed E-state index contributed by atoms with van der Waals surface area (Å²) in [5.74, 6) is -0.690. The summed E-state index contributed by atoms with van der Waals surface area (Å²) in [6, 6.07) is 11.5. The molecule has 24 heavy (non-hydrogen) atoms. The second-order valence-corrected chi connectivity index (χ2v) is 8.60. The number of fused-ring (bicyclic) bond motifs is 1. The Hall–Kier alpha value is -1.96. The van der Waals surface area contributed by atoms with Crippen molar-refractivity contribution in [1.82, 2.24) is 4.98 Å². The van der Waals surface area contributed by atoms with E-state index in [0.29, 0.717) is 5.01 Å². The molecule has 0 bridgehead atoms. The zero-order chi connectivity index (χ0) is 17.3. The van der Waals surface area contributed by atoms with Gasteiger partial charge in [0, 0.05) is 6.26 Å². The zero-order valence-corrected chi connectivity index (χ0v) is 14.9. The number of halogens is 1. The number of aromatic nitrogens is 1. The third-order valence-electron chi connectivity index (χ3n) is 3.25. The molecule has 0 radical (unpaired) electrons. The van der Waals surface area contributed by atoms with Crippen LogP contribution in [0.3, 0.4) is 0 Å². The Morgan fingerprint density at radius 1 is 1.25 bits per heavy atom. The molecule has 0 fully saturated rings. The Labute approximate surface area is 147 Å². The average molecular weight is 382 g/mol. The Morgan fingerprint density at radius 3 is 2.71 bits per heavy atom. The number of nitrogens with zero attached hydrogens (tertiary/aromatic N) is 1. The van der Waals surface area contributed by atoms with Gasteiger partial charge in [-0.2, -0.15) is 0 Å². The van der Waals surface area contributed by atoms with Crippen LogP contribution in [-0.2, 0) is 21.2 Å². The number of carbonyl (C=O) groups is 1. The van der Waals surface area contributed by atoms with Crippen molar-refractivity contribution in [3.63, 3.8) is 0 Å². The number of thiazole rings is 1. The highest BCUT2D eigenvalue weighted by atomic mass is 35.5. The smallest absolute Gasteiger partial charge is 0.340 e. The van der Waals surface area contributed by atoms with E-state index in [4.69, 9.17) is 16.3 Å². The van der Waals surface area contributed by atoms with E-state index in [-0.39, 0.29) is 22.1 Å². The molecule has 1 heterocycles. The fraction of sp³-hybridized carbons (Fsp3) is 0.125. The predicted octanol–water partition coefficient (Wildman–Crippen LogP) is 3.71. The Morgan fingerprint density at radius 2 is 2.00 bits per heavy atom. The number of hydrogen-bond acceptors (Lipinski definition) is 6. The third-order valence-corrected chi connectivity index (χ3v) is 5.70. The largest absolute Gasteiger partial charge is 0.455 e. The van der Waals surface area contributed by atoms with Crippen LogP contribution >= 0.6 is 22.9 Å². The van der Waals surface area contributed by atoms with E-state index in [1.807, 2.05) is 24.3 Å². The number of ether oxygens (including phenoxy) is 1. The summed E-state index contributed by atoms with van der Waals surface area (Å²) in [4.78, 5) is 16.6. The van der Waals surface area contributed by atoms with Gasteiger partial charge in [-0.1, -0.05) is 23.7 Å². The number of carbonyl (C=O) groups excluding carboxylic acids is 1. The van der Waals surface area contributed by atoms with Gasteiger partial charge in [0.05, 0.1) is 25.7 Å². The fourth-order valence-electron chi connectivity index (χ4n) is 2.08. The van der Waals surface area contributed by atoms with Crippen LogP contribution in [0.4, 0.5) is 0 Å². The van der Waals surface area contributed by atoms with E-state index in [0.717, 1.165) is 16.5 Å². The van der Waals surface area contributed by atoms with E-state index in [9.17, 15) is 13.2 Å². The molecule has 0 saturated carbocycles. The van der Waals surface area contributed by atoms with E-state index in [1.54, 1.807) is 0 Å². The van der Waals surface area contributed by atoms with Crippen molar-refractivity contribution in [1.29, 1.82) is 0 Å². The van der Waals surface area contributed by atoms with Crippen LogP contribution in [0.1, 0.15) is 15.4 Å². The first-order valence-electron chi connectivity index (χ1n) is 6.86. The molecular weight excluding hydrogens is 370 g/mol. The number of benzene rings is 2. The normalized spacial score (nSPS) is 11.6.